The van der Waals surface area contributed by atoms with E-state index in [0.717, 1.165) is 11.0 Å². The van der Waals surface area contributed by atoms with Gasteiger partial charge in [0.1, 0.15) is 4.90 Å². The highest BCUT2D eigenvalue weighted by atomic mass is 35.5. The molecule has 4 N–H and O–H groups in total. The van der Waals surface area contributed by atoms with Gasteiger partial charge in [-0.3, -0.25) is 20.4 Å². The van der Waals surface area contributed by atoms with Crippen molar-refractivity contribution in [3.05, 3.63) is 59.1 Å². The smallest absolute Gasteiger partial charge is 0.269 e. The molecule has 7 nitrogen and oxygen atoms in total. The van der Waals surface area contributed by atoms with Gasteiger partial charge in [0.05, 0.1) is 5.02 Å². The van der Waals surface area contributed by atoms with Crippen LogP contribution in [0, 0.1) is 0 Å². The number of nitrogens with two attached hydrogens (primary N) is 1. The summed E-state index contributed by atoms with van der Waals surface area (Å²) in [4.78, 5) is 24.5. The maximum Gasteiger partial charge on any atom is 0.269 e. The summed E-state index contributed by atoms with van der Waals surface area (Å²) in [5, 5.41) is 4.94. The Morgan fingerprint density at radius 3 is 2.42 bits per heavy atom. The number of hydrazine groups is 1. The summed E-state index contributed by atoms with van der Waals surface area (Å²) >= 11 is 7.27. The average Bonchev–Trinajstić information content (AvgIpc) is 2.60. The third kappa shape index (κ3) is 6.03. The van der Waals surface area contributed by atoms with Crippen LogP contribution in [0.5, 0.6) is 0 Å². The Hall–Kier alpha value is -2.07. The van der Waals surface area contributed by atoms with E-state index in [9.17, 15) is 18.0 Å². The first-order chi connectivity index (χ1) is 12.3. The van der Waals surface area contributed by atoms with Crippen molar-refractivity contribution in [1.82, 2.24) is 10.9 Å². The number of nitrogens with one attached hydrogen (secondary N) is 2. The summed E-state index contributed by atoms with van der Waals surface area (Å²) in [5.41, 5.74) is 4.49. The predicted octanol–water partition coefficient (Wildman–Crippen LogP) is 1.93. The highest BCUT2D eigenvalue weighted by Gasteiger charge is 2.16. The second-order valence-corrected chi connectivity index (χ2v) is 8.21. The lowest BCUT2D eigenvalue weighted by Crippen LogP contribution is -2.41. The van der Waals surface area contributed by atoms with Crippen molar-refractivity contribution >= 4 is 45.2 Å². The quantitative estimate of drug-likeness (QED) is 0.494. The molecule has 0 unspecified atom stereocenters. The molecule has 0 atom stereocenters. The number of thioether (sulfide) groups is 1. The van der Waals surface area contributed by atoms with Crippen LogP contribution in [0.1, 0.15) is 16.8 Å². The van der Waals surface area contributed by atoms with Gasteiger partial charge in [-0.15, -0.1) is 11.8 Å². The van der Waals surface area contributed by atoms with Gasteiger partial charge < -0.3 is 0 Å². The van der Waals surface area contributed by atoms with Gasteiger partial charge in [-0.05, 0) is 30.3 Å². The van der Waals surface area contributed by atoms with E-state index in [1.807, 2.05) is 30.3 Å². The van der Waals surface area contributed by atoms with Crippen molar-refractivity contribution < 1.29 is 18.0 Å². The van der Waals surface area contributed by atoms with Gasteiger partial charge >= 0.3 is 0 Å². The lowest BCUT2D eigenvalue weighted by atomic mass is 10.2. The van der Waals surface area contributed by atoms with Gasteiger partial charge in [0.15, 0.2) is 0 Å². The van der Waals surface area contributed by atoms with Gasteiger partial charge in [0.2, 0.25) is 15.9 Å². The molecule has 0 saturated carbocycles. The van der Waals surface area contributed by atoms with Gasteiger partial charge in [0.25, 0.3) is 5.91 Å². The number of hydrogen-bond acceptors (Lipinski definition) is 5. The second kappa shape index (κ2) is 9.04. The Kier molecular flexibility index (Phi) is 7.04. The Labute approximate surface area is 160 Å². The number of benzene rings is 2. The molecule has 0 aromatic heterocycles. The molecule has 0 saturated heterocycles. The number of halogens is 1. The minimum atomic E-state index is -4.06. The summed E-state index contributed by atoms with van der Waals surface area (Å²) in [6.45, 7) is 0. The van der Waals surface area contributed by atoms with Crippen molar-refractivity contribution in [2.24, 2.45) is 5.14 Å². The second-order valence-electron chi connectivity index (χ2n) is 5.10. The zero-order chi connectivity index (χ0) is 19.2. The number of carbonyl (C=O) groups is 2. The molecule has 0 spiro atoms. The van der Waals surface area contributed by atoms with E-state index in [4.69, 9.17) is 16.7 Å². The molecule has 10 heteroatoms. The van der Waals surface area contributed by atoms with E-state index in [-0.39, 0.29) is 27.8 Å². The molecule has 2 aromatic rings. The third-order valence-electron chi connectivity index (χ3n) is 3.16. The summed E-state index contributed by atoms with van der Waals surface area (Å²) < 4.78 is 22.8. The summed E-state index contributed by atoms with van der Waals surface area (Å²) in [5.74, 6) is -0.513. The van der Waals surface area contributed by atoms with Crippen LogP contribution in [0.25, 0.3) is 0 Å². The maximum atomic E-state index is 12.0. The molecule has 0 radical (unpaired) electrons. The molecule has 0 fully saturated rings. The molecule has 2 amide bonds. The van der Waals surface area contributed by atoms with E-state index in [2.05, 4.69) is 10.9 Å². The van der Waals surface area contributed by atoms with E-state index in [1.54, 1.807) is 0 Å². The van der Waals surface area contributed by atoms with Gasteiger partial charge in [-0.1, -0.05) is 29.8 Å². The number of amides is 2. The van der Waals surface area contributed by atoms with Gasteiger partial charge in [0, 0.05) is 22.6 Å². The normalized spacial score (nSPS) is 11.0. The molecule has 0 heterocycles. The van der Waals surface area contributed by atoms with Crippen LogP contribution >= 0.6 is 23.4 Å². The van der Waals surface area contributed by atoms with Crippen LogP contribution in [-0.2, 0) is 14.8 Å². The first-order valence-corrected chi connectivity index (χ1v) is 10.3. The first-order valence-electron chi connectivity index (χ1n) is 7.37. The zero-order valence-electron chi connectivity index (χ0n) is 13.4. The molecule has 26 heavy (non-hydrogen) atoms. The standard InChI is InChI=1S/C16H16ClN3O4S2/c17-13-7-6-11(10-14(13)26(18,23)24)16(22)20-19-15(21)8-9-25-12-4-2-1-3-5-12/h1-7,10H,8-9H2,(H,19,21)(H,20,22)(H2,18,23,24). The van der Waals surface area contributed by atoms with Crippen LogP contribution in [-0.4, -0.2) is 26.0 Å². The molecule has 0 aliphatic heterocycles. The maximum absolute atomic E-state index is 12.0. The number of hydrogen-bond donors (Lipinski definition) is 3. The van der Waals surface area contributed by atoms with Gasteiger partial charge in [-0.2, -0.15) is 0 Å². The highest BCUT2D eigenvalue weighted by Crippen LogP contribution is 2.21. The van der Waals surface area contributed by atoms with E-state index < -0.39 is 15.9 Å². The fourth-order valence-electron chi connectivity index (χ4n) is 1.90. The number of primary sulfonamides is 1. The van der Waals surface area contributed by atoms with Crippen molar-refractivity contribution in [1.29, 1.82) is 0 Å². The number of sulfonamides is 1. The van der Waals surface area contributed by atoms with E-state index in [0.29, 0.717) is 5.75 Å². The fraction of sp³-hybridized carbons (Fsp3) is 0.125. The SMILES string of the molecule is NS(=O)(=O)c1cc(C(=O)NNC(=O)CCSc2ccccc2)ccc1Cl. The average molecular weight is 414 g/mol. The number of rotatable bonds is 6. The summed E-state index contributed by atoms with van der Waals surface area (Å²) in [6.07, 6.45) is 0.197. The molecule has 0 aliphatic rings. The Morgan fingerprint density at radius 1 is 1.08 bits per heavy atom. The fourth-order valence-corrected chi connectivity index (χ4v) is 3.85. The zero-order valence-corrected chi connectivity index (χ0v) is 15.8. The molecule has 2 aromatic carbocycles. The molecule has 2 rings (SSSR count). The lowest BCUT2D eigenvalue weighted by Gasteiger charge is -2.09. The molecule has 0 bridgehead atoms. The first kappa shape index (κ1) is 20.2. The topological polar surface area (TPSA) is 118 Å². The van der Waals surface area contributed by atoms with Crippen molar-refractivity contribution in [2.75, 3.05) is 5.75 Å². The largest absolute Gasteiger partial charge is 0.273 e. The number of carbonyl (C=O) groups excluding carboxylic acids is 2. The Morgan fingerprint density at radius 2 is 1.77 bits per heavy atom. The Bertz CT molecular complexity index is 905. The van der Waals surface area contributed by atoms with Crippen LogP contribution in [0.3, 0.4) is 0 Å². The lowest BCUT2D eigenvalue weighted by molar-refractivity contribution is -0.121. The predicted molar refractivity (Wildman–Crippen MR) is 100 cm³/mol. The monoisotopic (exact) mass is 413 g/mol. The Balaban J connectivity index is 1.85. The van der Waals surface area contributed by atoms with E-state index in [1.165, 1.54) is 23.9 Å². The van der Waals surface area contributed by atoms with Crippen LogP contribution < -0.4 is 16.0 Å². The van der Waals surface area contributed by atoms with E-state index >= 15 is 0 Å². The minimum absolute atomic E-state index is 0.00242. The van der Waals surface area contributed by atoms with Crippen LogP contribution in [0.15, 0.2) is 58.3 Å². The van der Waals surface area contributed by atoms with Crippen molar-refractivity contribution in [2.45, 2.75) is 16.2 Å². The third-order valence-corrected chi connectivity index (χ3v) is 5.56. The van der Waals surface area contributed by atoms with Crippen molar-refractivity contribution in [3.63, 3.8) is 0 Å². The molecule has 0 aliphatic carbocycles. The summed E-state index contributed by atoms with van der Waals surface area (Å²) in [7, 11) is -4.06. The van der Waals surface area contributed by atoms with Crippen LogP contribution in [0.4, 0.5) is 0 Å². The molecule has 138 valence electrons. The van der Waals surface area contributed by atoms with Gasteiger partial charge in [-0.25, -0.2) is 13.6 Å². The van der Waals surface area contributed by atoms with Crippen molar-refractivity contribution in [3.8, 4) is 0 Å². The van der Waals surface area contributed by atoms with Crippen LogP contribution in [0.2, 0.25) is 5.02 Å². The minimum Gasteiger partial charge on any atom is -0.273 e. The molecular weight excluding hydrogens is 398 g/mol. The highest BCUT2D eigenvalue weighted by molar-refractivity contribution is 7.99. The summed E-state index contributed by atoms with van der Waals surface area (Å²) in [6, 6.07) is 13.2. The molecular formula is C16H16ClN3O4S2.